The molecule has 1 heterocycles. The molecule has 0 unspecified atom stereocenters. The fraction of sp³-hybridized carbons (Fsp3) is 0.375. The van der Waals surface area contributed by atoms with E-state index < -0.39 is 0 Å². The molecule has 0 aliphatic rings. The lowest BCUT2D eigenvalue weighted by Crippen LogP contribution is -2.07. The van der Waals surface area contributed by atoms with Gasteiger partial charge in [0.25, 0.3) is 0 Å². The number of hydrogen-bond acceptors (Lipinski definition) is 3. The highest BCUT2D eigenvalue weighted by atomic mass is 35.5. The van der Waals surface area contributed by atoms with E-state index in [1.54, 1.807) is 12.1 Å². The zero-order valence-corrected chi connectivity index (χ0v) is 14.0. The van der Waals surface area contributed by atoms with Gasteiger partial charge in [0.2, 0.25) is 0 Å². The van der Waals surface area contributed by atoms with E-state index in [1.165, 1.54) is 0 Å². The van der Waals surface area contributed by atoms with E-state index in [-0.39, 0.29) is 5.92 Å². The van der Waals surface area contributed by atoms with Crippen molar-refractivity contribution in [2.45, 2.75) is 33.1 Å². The lowest BCUT2D eigenvalue weighted by atomic mass is 10.1. The van der Waals surface area contributed by atoms with Crippen LogP contribution in [0, 0.1) is 0 Å². The van der Waals surface area contributed by atoms with E-state index in [4.69, 9.17) is 23.2 Å². The minimum atomic E-state index is 0.241. The zero-order chi connectivity index (χ0) is 15.4. The summed E-state index contributed by atoms with van der Waals surface area (Å²) in [7, 11) is 0. The first-order chi connectivity index (χ1) is 10.0. The van der Waals surface area contributed by atoms with Crippen molar-refractivity contribution in [1.82, 2.24) is 9.97 Å². The average molecular weight is 324 g/mol. The SMILES string of the molecule is CCCNc1cc(-c2cc(Cl)ccc2Cl)nc(C(C)C)n1. The molecule has 112 valence electrons. The molecule has 0 aliphatic carbocycles. The minimum Gasteiger partial charge on any atom is -0.370 e. The largest absolute Gasteiger partial charge is 0.370 e. The molecule has 2 rings (SSSR count). The number of nitrogens with zero attached hydrogens (tertiary/aromatic N) is 2. The second-order valence-electron chi connectivity index (χ2n) is 5.20. The van der Waals surface area contributed by atoms with E-state index in [9.17, 15) is 0 Å². The third-order valence-corrected chi connectivity index (χ3v) is 3.59. The monoisotopic (exact) mass is 323 g/mol. The molecule has 0 aliphatic heterocycles. The standard InChI is InChI=1S/C16H19Cl2N3/c1-4-7-19-15-9-14(20-16(21-15)10(2)3)12-8-11(17)5-6-13(12)18/h5-6,8-10H,4,7H2,1-3H3,(H,19,20,21). The molecule has 0 bridgehead atoms. The normalized spacial score (nSPS) is 11.0. The predicted octanol–water partition coefficient (Wildman–Crippen LogP) is 5.40. The van der Waals surface area contributed by atoms with Gasteiger partial charge in [-0.25, -0.2) is 9.97 Å². The molecule has 0 saturated heterocycles. The molecular weight excluding hydrogens is 305 g/mol. The Morgan fingerprint density at radius 1 is 1.14 bits per heavy atom. The van der Waals surface area contributed by atoms with Gasteiger partial charge < -0.3 is 5.32 Å². The summed E-state index contributed by atoms with van der Waals surface area (Å²) in [5.41, 5.74) is 1.62. The molecule has 1 aromatic heterocycles. The van der Waals surface area contributed by atoms with Crippen LogP contribution in [0.2, 0.25) is 10.0 Å². The topological polar surface area (TPSA) is 37.8 Å². The molecule has 0 radical (unpaired) electrons. The molecule has 0 fully saturated rings. The highest BCUT2D eigenvalue weighted by molar-refractivity contribution is 6.35. The molecular formula is C16H19Cl2N3. The molecule has 1 aromatic carbocycles. The number of anilines is 1. The van der Waals surface area contributed by atoms with Gasteiger partial charge in [0.1, 0.15) is 11.6 Å². The van der Waals surface area contributed by atoms with Crippen LogP contribution in [0.25, 0.3) is 11.3 Å². The van der Waals surface area contributed by atoms with Crippen molar-refractivity contribution >= 4 is 29.0 Å². The van der Waals surface area contributed by atoms with Crippen molar-refractivity contribution in [2.24, 2.45) is 0 Å². The van der Waals surface area contributed by atoms with E-state index >= 15 is 0 Å². The van der Waals surface area contributed by atoms with Crippen molar-refractivity contribution < 1.29 is 0 Å². The maximum atomic E-state index is 6.28. The number of rotatable bonds is 5. The second kappa shape index (κ2) is 7.10. The Kier molecular flexibility index (Phi) is 5.43. The first kappa shape index (κ1) is 16.1. The molecule has 21 heavy (non-hydrogen) atoms. The van der Waals surface area contributed by atoms with Crippen LogP contribution in [0.15, 0.2) is 24.3 Å². The lowest BCUT2D eigenvalue weighted by molar-refractivity contribution is 0.775. The van der Waals surface area contributed by atoms with Gasteiger partial charge in [-0.1, -0.05) is 44.0 Å². The molecule has 0 amide bonds. The molecule has 0 spiro atoms. The summed E-state index contributed by atoms with van der Waals surface area (Å²) in [6, 6.07) is 7.31. The summed E-state index contributed by atoms with van der Waals surface area (Å²) < 4.78 is 0. The zero-order valence-electron chi connectivity index (χ0n) is 12.5. The molecule has 1 N–H and O–H groups in total. The van der Waals surface area contributed by atoms with Gasteiger partial charge in [0.15, 0.2) is 0 Å². The third kappa shape index (κ3) is 4.08. The Labute approximate surface area is 135 Å². The second-order valence-corrected chi connectivity index (χ2v) is 6.05. The summed E-state index contributed by atoms with van der Waals surface area (Å²) in [6.45, 7) is 7.13. The summed E-state index contributed by atoms with van der Waals surface area (Å²) in [4.78, 5) is 9.17. The molecule has 5 heteroatoms. The van der Waals surface area contributed by atoms with E-state index in [2.05, 4.69) is 36.1 Å². The van der Waals surface area contributed by atoms with Crippen LogP contribution in [0.3, 0.4) is 0 Å². The van der Waals surface area contributed by atoms with Crippen LogP contribution < -0.4 is 5.32 Å². The Hall–Kier alpha value is -1.32. The van der Waals surface area contributed by atoms with E-state index in [0.717, 1.165) is 35.9 Å². The third-order valence-electron chi connectivity index (χ3n) is 3.02. The highest BCUT2D eigenvalue weighted by Gasteiger charge is 2.12. The van der Waals surface area contributed by atoms with Gasteiger partial charge in [-0.2, -0.15) is 0 Å². The van der Waals surface area contributed by atoms with Gasteiger partial charge in [0, 0.05) is 29.1 Å². The van der Waals surface area contributed by atoms with Crippen LogP contribution in [0.5, 0.6) is 0 Å². The van der Waals surface area contributed by atoms with Gasteiger partial charge in [-0.3, -0.25) is 0 Å². The highest BCUT2D eigenvalue weighted by Crippen LogP contribution is 2.31. The Balaban J connectivity index is 2.51. The van der Waals surface area contributed by atoms with E-state index in [0.29, 0.717) is 10.0 Å². The van der Waals surface area contributed by atoms with Crippen LogP contribution in [0.1, 0.15) is 38.9 Å². The smallest absolute Gasteiger partial charge is 0.133 e. The predicted molar refractivity (Wildman–Crippen MR) is 90.4 cm³/mol. The minimum absolute atomic E-state index is 0.241. The van der Waals surface area contributed by atoms with Crippen LogP contribution in [-0.2, 0) is 0 Å². The fourth-order valence-electron chi connectivity index (χ4n) is 1.90. The van der Waals surface area contributed by atoms with Gasteiger partial charge >= 0.3 is 0 Å². The van der Waals surface area contributed by atoms with Crippen molar-refractivity contribution in [3.8, 4) is 11.3 Å². The first-order valence-corrected chi connectivity index (χ1v) is 7.85. The number of nitrogens with one attached hydrogen (secondary N) is 1. The van der Waals surface area contributed by atoms with Gasteiger partial charge in [-0.05, 0) is 24.6 Å². The summed E-state index contributed by atoms with van der Waals surface area (Å²) in [5, 5.41) is 4.58. The molecule has 3 nitrogen and oxygen atoms in total. The lowest BCUT2D eigenvalue weighted by Gasteiger charge is -2.12. The van der Waals surface area contributed by atoms with Crippen molar-refractivity contribution in [1.29, 1.82) is 0 Å². The Bertz CT molecular complexity index is 627. The van der Waals surface area contributed by atoms with Crippen LogP contribution >= 0.6 is 23.2 Å². The molecule has 0 saturated carbocycles. The van der Waals surface area contributed by atoms with E-state index in [1.807, 2.05) is 12.1 Å². The quantitative estimate of drug-likeness (QED) is 0.800. The average Bonchev–Trinajstić information content (AvgIpc) is 2.47. The number of aromatic nitrogens is 2. The molecule has 0 atom stereocenters. The number of hydrogen-bond donors (Lipinski definition) is 1. The summed E-state index contributed by atoms with van der Waals surface area (Å²) >= 11 is 12.4. The molecule has 2 aromatic rings. The summed E-state index contributed by atoms with van der Waals surface area (Å²) in [5.74, 6) is 1.86. The van der Waals surface area contributed by atoms with Gasteiger partial charge in [0.05, 0.1) is 10.7 Å². The fourth-order valence-corrected chi connectivity index (χ4v) is 2.29. The number of halogens is 2. The Morgan fingerprint density at radius 3 is 2.57 bits per heavy atom. The van der Waals surface area contributed by atoms with Crippen molar-refractivity contribution in [3.63, 3.8) is 0 Å². The maximum Gasteiger partial charge on any atom is 0.133 e. The number of benzene rings is 1. The van der Waals surface area contributed by atoms with Crippen LogP contribution in [-0.4, -0.2) is 16.5 Å². The van der Waals surface area contributed by atoms with Crippen molar-refractivity contribution in [3.05, 3.63) is 40.1 Å². The maximum absolute atomic E-state index is 6.28. The van der Waals surface area contributed by atoms with Gasteiger partial charge in [-0.15, -0.1) is 0 Å². The summed E-state index contributed by atoms with van der Waals surface area (Å²) in [6.07, 6.45) is 1.04. The Morgan fingerprint density at radius 2 is 1.90 bits per heavy atom. The van der Waals surface area contributed by atoms with Crippen LogP contribution in [0.4, 0.5) is 5.82 Å². The first-order valence-electron chi connectivity index (χ1n) is 7.09. The van der Waals surface area contributed by atoms with Crippen molar-refractivity contribution in [2.75, 3.05) is 11.9 Å².